The number of nitrogens with zero attached hydrogens (tertiary/aromatic N) is 2. The van der Waals surface area contributed by atoms with Gasteiger partial charge in [0.25, 0.3) is 5.71 Å². The van der Waals surface area contributed by atoms with Crippen LogP contribution in [0, 0.1) is 6.92 Å². The van der Waals surface area contributed by atoms with E-state index >= 15 is 0 Å². The molecule has 0 aliphatic heterocycles. The summed E-state index contributed by atoms with van der Waals surface area (Å²) >= 11 is 0. The van der Waals surface area contributed by atoms with Crippen molar-refractivity contribution in [3.63, 3.8) is 0 Å². The summed E-state index contributed by atoms with van der Waals surface area (Å²) in [5, 5.41) is 12.9. The quantitative estimate of drug-likeness (QED) is 0.807. The smallest absolute Gasteiger partial charge is 0.449 e. The predicted molar refractivity (Wildman–Crippen MR) is 59.3 cm³/mol. The van der Waals surface area contributed by atoms with Gasteiger partial charge in [0.2, 0.25) is 0 Å². The van der Waals surface area contributed by atoms with Crippen molar-refractivity contribution in [2.45, 2.75) is 26.7 Å². The summed E-state index contributed by atoms with van der Waals surface area (Å²) in [5.74, 6) is 0.353. The van der Waals surface area contributed by atoms with Crippen molar-refractivity contribution in [3.8, 4) is 5.75 Å². The van der Waals surface area contributed by atoms with Crippen LogP contribution in [0.25, 0.3) is 11.1 Å². The third-order valence-corrected chi connectivity index (χ3v) is 2.39. The number of hydrogen-bond acceptors (Lipinski definition) is 5. The third-order valence-electron chi connectivity index (χ3n) is 2.39. The third kappa shape index (κ3) is 2.06. The van der Waals surface area contributed by atoms with E-state index in [1.165, 1.54) is 0 Å². The molecule has 0 saturated heterocycles. The fourth-order valence-electron chi connectivity index (χ4n) is 1.54. The van der Waals surface area contributed by atoms with E-state index in [1.807, 2.05) is 13.8 Å². The van der Waals surface area contributed by atoms with Crippen LogP contribution in [-0.4, -0.2) is 21.4 Å². The van der Waals surface area contributed by atoms with Gasteiger partial charge in [0.1, 0.15) is 5.39 Å². The lowest BCUT2D eigenvalue weighted by Crippen LogP contribution is -2.05. The zero-order valence-corrected chi connectivity index (χ0v) is 9.72. The van der Waals surface area contributed by atoms with E-state index in [0.717, 1.165) is 0 Å². The van der Waals surface area contributed by atoms with Gasteiger partial charge in [-0.25, -0.2) is 9.78 Å². The molecule has 6 heteroatoms. The molecule has 0 atom stereocenters. The largest absolute Gasteiger partial charge is 0.511 e. The summed E-state index contributed by atoms with van der Waals surface area (Å²) < 4.78 is 9.76. The Bertz CT molecular complexity index is 574. The second kappa shape index (κ2) is 4.04. The molecule has 0 unspecified atom stereocenters. The molecule has 0 aliphatic rings. The average molecular weight is 236 g/mol. The molecule has 0 bridgehead atoms. The standard InChI is InChI=1S/C11H12N2O4/c1-5(2)7-4-8(16-11(14)15)9-6(3)13-17-10(9)12-7/h4-5H,1-3H3,(H,14,15). The summed E-state index contributed by atoms with van der Waals surface area (Å²) in [6.07, 6.45) is -1.37. The monoisotopic (exact) mass is 236 g/mol. The van der Waals surface area contributed by atoms with Gasteiger partial charge in [-0.15, -0.1) is 0 Å². The molecule has 90 valence electrons. The molecule has 17 heavy (non-hydrogen) atoms. The lowest BCUT2D eigenvalue weighted by molar-refractivity contribution is 0.145. The van der Waals surface area contributed by atoms with Crippen LogP contribution in [0.4, 0.5) is 4.79 Å². The highest BCUT2D eigenvalue weighted by molar-refractivity contribution is 5.85. The van der Waals surface area contributed by atoms with Crippen molar-refractivity contribution in [1.29, 1.82) is 0 Å². The molecule has 0 radical (unpaired) electrons. The minimum Gasteiger partial charge on any atom is -0.449 e. The van der Waals surface area contributed by atoms with Gasteiger partial charge >= 0.3 is 6.16 Å². The van der Waals surface area contributed by atoms with Crippen molar-refractivity contribution >= 4 is 17.3 Å². The van der Waals surface area contributed by atoms with Crippen molar-refractivity contribution < 1.29 is 19.2 Å². The van der Waals surface area contributed by atoms with Crippen LogP contribution in [0.5, 0.6) is 5.75 Å². The zero-order chi connectivity index (χ0) is 12.6. The zero-order valence-electron chi connectivity index (χ0n) is 9.72. The summed E-state index contributed by atoms with van der Waals surface area (Å²) in [6, 6.07) is 1.60. The second-order valence-corrected chi connectivity index (χ2v) is 4.02. The van der Waals surface area contributed by atoms with Gasteiger partial charge in [-0.2, -0.15) is 0 Å². The predicted octanol–water partition coefficient (Wildman–Crippen LogP) is 2.71. The van der Waals surface area contributed by atoms with Crippen LogP contribution in [-0.2, 0) is 0 Å². The number of aromatic nitrogens is 2. The normalized spacial score (nSPS) is 11.1. The van der Waals surface area contributed by atoms with Crippen LogP contribution < -0.4 is 4.74 Å². The Labute approximate surface area is 97.2 Å². The minimum atomic E-state index is -1.37. The molecule has 2 aromatic heterocycles. The lowest BCUT2D eigenvalue weighted by atomic mass is 10.1. The van der Waals surface area contributed by atoms with Crippen LogP contribution in [0.3, 0.4) is 0 Å². The number of pyridine rings is 1. The second-order valence-electron chi connectivity index (χ2n) is 4.02. The van der Waals surface area contributed by atoms with Crippen LogP contribution in [0.1, 0.15) is 31.2 Å². The number of hydrogen-bond donors (Lipinski definition) is 1. The highest BCUT2D eigenvalue weighted by atomic mass is 16.7. The van der Waals surface area contributed by atoms with E-state index in [4.69, 9.17) is 14.4 Å². The van der Waals surface area contributed by atoms with E-state index in [9.17, 15) is 4.79 Å². The number of aryl methyl sites for hydroxylation is 1. The van der Waals surface area contributed by atoms with Crippen molar-refractivity contribution in [2.24, 2.45) is 0 Å². The Morgan fingerprint density at radius 2 is 2.24 bits per heavy atom. The number of carbonyl (C=O) groups is 1. The Morgan fingerprint density at radius 1 is 1.53 bits per heavy atom. The van der Waals surface area contributed by atoms with E-state index in [-0.39, 0.29) is 11.7 Å². The van der Waals surface area contributed by atoms with Gasteiger partial charge in [-0.05, 0) is 12.8 Å². The van der Waals surface area contributed by atoms with Gasteiger partial charge < -0.3 is 14.4 Å². The fraction of sp³-hybridized carbons (Fsp3) is 0.364. The first-order valence-corrected chi connectivity index (χ1v) is 5.16. The van der Waals surface area contributed by atoms with E-state index < -0.39 is 6.16 Å². The molecule has 6 nitrogen and oxygen atoms in total. The summed E-state index contributed by atoms with van der Waals surface area (Å²) in [6.45, 7) is 5.60. The molecular formula is C11H12N2O4. The topological polar surface area (TPSA) is 85.5 Å². The van der Waals surface area contributed by atoms with Crippen LogP contribution in [0.2, 0.25) is 0 Å². The molecule has 2 aromatic rings. The Hall–Kier alpha value is -2.11. The molecule has 0 fully saturated rings. The molecule has 1 N–H and O–H groups in total. The molecule has 0 spiro atoms. The first-order chi connectivity index (χ1) is 7.99. The minimum absolute atomic E-state index is 0.140. The molecule has 0 saturated carbocycles. The summed E-state index contributed by atoms with van der Waals surface area (Å²) in [5.41, 5.74) is 1.55. The maximum atomic E-state index is 10.6. The van der Waals surface area contributed by atoms with Gasteiger partial charge in [0.05, 0.1) is 11.4 Å². The fourth-order valence-corrected chi connectivity index (χ4v) is 1.54. The van der Waals surface area contributed by atoms with Gasteiger partial charge in [-0.3, -0.25) is 0 Å². The number of fused-ring (bicyclic) bond motifs is 1. The number of carboxylic acid groups (broad SMARTS) is 1. The number of ether oxygens (including phenoxy) is 1. The van der Waals surface area contributed by atoms with Crippen molar-refractivity contribution in [1.82, 2.24) is 10.1 Å². The maximum absolute atomic E-state index is 10.6. The van der Waals surface area contributed by atoms with Crippen molar-refractivity contribution in [2.75, 3.05) is 0 Å². The Morgan fingerprint density at radius 3 is 2.82 bits per heavy atom. The molecule has 0 aromatic carbocycles. The molecule has 2 rings (SSSR count). The molecular weight excluding hydrogens is 224 g/mol. The SMILES string of the molecule is Cc1noc2nc(C(C)C)cc(OC(=O)O)c12. The molecule has 2 heterocycles. The van der Waals surface area contributed by atoms with Gasteiger partial charge in [-0.1, -0.05) is 19.0 Å². The molecule has 0 amide bonds. The van der Waals surface area contributed by atoms with Crippen LogP contribution >= 0.6 is 0 Å². The average Bonchev–Trinajstić information content (AvgIpc) is 2.59. The van der Waals surface area contributed by atoms with Gasteiger partial charge in [0.15, 0.2) is 5.75 Å². The van der Waals surface area contributed by atoms with Gasteiger partial charge in [0, 0.05) is 6.07 Å². The van der Waals surface area contributed by atoms with E-state index in [2.05, 4.69) is 10.1 Å². The number of rotatable bonds is 2. The first kappa shape index (κ1) is 11.4. The lowest BCUT2D eigenvalue weighted by Gasteiger charge is -2.07. The van der Waals surface area contributed by atoms with E-state index in [0.29, 0.717) is 22.5 Å². The Kier molecular flexibility index (Phi) is 2.71. The van der Waals surface area contributed by atoms with Crippen LogP contribution in [0.15, 0.2) is 10.6 Å². The summed E-state index contributed by atoms with van der Waals surface area (Å²) in [7, 11) is 0. The first-order valence-electron chi connectivity index (χ1n) is 5.16. The highest BCUT2D eigenvalue weighted by Crippen LogP contribution is 2.30. The highest BCUT2D eigenvalue weighted by Gasteiger charge is 2.17. The Balaban J connectivity index is 2.66. The van der Waals surface area contributed by atoms with E-state index in [1.54, 1.807) is 13.0 Å². The van der Waals surface area contributed by atoms with Crippen molar-refractivity contribution in [3.05, 3.63) is 17.5 Å². The molecule has 0 aliphatic carbocycles. The maximum Gasteiger partial charge on any atom is 0.511 e. The summed E-state index contributed by atoms with van der Waals surface area (Å²) in [4.78, 5) is 14.9.